The highest BCUT2D eigenvalue weighted by Gasteiger charge is 2.11. The topological polar surface area (TPSA) is 51.2 Å². The summed E-state index contributed by atoms with van der Waals surface area (Å²) < 4.78 is 5.68. The number of benzene rings is 2. The first-order valence-corrected chi connectivity index (χ1v) is 11.0. The molecule has 0 unspecified atom stereocenters. The van der Waals surface area contributed by atoms with Crippen LogP contribution in [0.1, 0.15) is 47.0 Å². The molecule has 152 valence electrons. The number of aromatic nitrogens is 1. The maximum atomic E-state index is 12.5. The minimum absolute atomic E-state index is 0.204. The molecule has 0 aliphatic carbocycles. The molecule has 1 aromatic heterocycles. The molecule has 1 N–H and O–H groups in total. The number of unbranched alkanes of at least 4 members (excludes halogenated alkanes) is 2. The fraction of sp³-hybridized carbons (Fsp3) is 0.273. The summed E-state index contributed by atoms with van der Waals surface area (Å²) in [6.07, 6.45) is 5.69. The Bertz CT molecular complexity index is 958. The molecule has 3 aromatic rings. The SMILES string of the molecule is CCCCCOc1ccc(C(=O)Nc2ncc(Cc3cc(Cl)ccc3Cl)s2)cc1. The van der Waals surface area contributed by atoms with Crippen molar-refractivity contribution in [2.45, 2.75) is 32.6 Å². The van der Waals surface area contributed by atoms with Gasteiger partial charge in [0, 0.05) is 33.1 Å². The fourth-order valence-corrected chi connectivity index (χ4v) is 3.94. The standard InChI is InChI=1S/C22H22Cl2N2O2S/c1-2-3-4-11-28-18-8-5-15(6-9-18)21(27)26-22-25-14-19(29-22)13-16-12-17(23)7-10-20(16)24/h5-10,12,14H,2-4,11,13H2,1H3,(H,25,26,27). The average Bonchev–Trinajstić information content (AvgIpc) is 3.15. The van der Waals surface area contributed by atoms with Crippen LogP contribution in [-0.2, 0) is 6.42 Å². The first kappa shape index (κ1) is 21.6. The number of ether oxygens (including phenoxy) is 1. The molecule has 1 heterocycles. The van der Waals surface area contributed by atoms with E-state index in [4.69, 9.17) is 27.9 Å². The third-order valence-electron chi connectivity index (χ3n) is 4.28. The van der Waals surface area contributed by atoms with Crippen molar-refractivity contribution in [3.63, 3.8) is 0 Å². The van der Waals surface area contributed by atoms with Crippen molar-refractivity contribution in [2.24, 2.45) is 0 Å². The van der Waals surface area contributed by atoms with Crippen molar-refractivity contribution in [1.82, 2.24) is 4.98 Å². The first-order valence-electron chi connectivity index (χ1n) is 9.48. The van der Waals surface area contributed by atoms with Gasteiger partial charge >= 0.3 is 0 Å². The number of halogens is 2. The van der Waals surface area contributed by atoms with Gasteiger partial charge in [0.1, 0.15) is 5.75 Å². The molecule has 0 aliphatic heterocycles. The third kappa shape index (κ3) is 6.46. The molecule has 0 spiro atoms. The van der Waals surface area contributed by atoms with Crippen LogP contribution < -0.4 is 10.1 Å². The Labute approximate surface area is 184 Å². The van der Waals surface area contributed by atoms with Crippen LogP contribution in [0.15, 0.2) is 48.7 Å². The number of carbonyl (C=O) groups excluding carboxylic acids is 1. The summed E-state index contributed by atoms with van der Waals surface area (Å²) in [5.74, 6) is 0.566. The molecule has 4 nitrogen and oxygen atoms in total. The molecule has 0 saturated carbocycles. The van der Waals surface area contributed by atoms with E-state index in [1.54, 1.807) is 30.5 Å². The number of thiazole rings is 1. The predicted octanol–water partition coefficient (Wildman–Crippen LogP) is 6.86. The summed E-state index contributed by atoms with van der Waals surface area (Å²) in [6, 6.07) is 12.5. The monoisotopic (exact) mass is 448 g/mol. The molecule has 7 heteroatoms. The van der Waals surface area contributed by atoms with Crippen molar-refractivity contribution in [3.8, 4) is 5.75 Å². The number of anilines is 1. The molecule has 1 amide bonds. The highest BCUT2D eigenvalue weighted by Crippen LogP contribution is 2.27. The Balaban J connectivity index is 1.56. The molecule has 0 fully saturated rings. The van der Waals surface area contributed by atoms with Crippen molar-refractivity contribution in [1.29, 1.82) is 0 Å². The molecular weight excluding hydrogens is 427 g/mol. The quantitative estimate of drug-likeness (QED) is 0.363. The summed E-state index contributed by atoms with van der Waals surface area (Å²) in [5, 5.41) is 4.68. The predicted molar refractivity (Wildman–Crippen MR) is 121 cm³/mol. The van der Waals surface area contributed by atoms with Crippen molar-refractivity contribution in [3.05, 3.63) is 74.7 Å². The van der Waals surface area contributed by atoms with Crippen molar-refractivity contribution < 1.29 is 9.53 Å². The largest absolute Gasteiger partial charge is 0.494 e. The summed E-state index contributed by atoms with van der Waals surface area (Å²) in [7, 11) is 0. The van der Waals surface area contributed by atoms with Crippen molar-refractivity contribution in [2.75, 3.05) is 11.9 Å². The van der Waals surface area contributed by atoms with Crippen LogP contribution in [0, 0.1) is 0 Å². The second kappa shape index (κ2) is 10.6. The van der Waals surface area contributed by atoms with Gasteiger partial charge in [-0.05, 0) is 54.4 Å². The Morgan fingerprint density at radius 2 is 1.93 bits per heavy atom. The lowest BCUT2D eigenvalue weighted by molar-refractivity contribution is 0.102. The average molecular weight is 449 g/mol. The lowest BCUT2D eigenvalue weighted by Gasteiger charge is -2.07. The highest BCUT2D eigenvalue weighted by molar-refractivity contribution is 7.15. The third-order valence-corrected chi connectivity index (χ3v) is 5.80. The maximum Gasteiger partial charge on any atom is 0.257 e. The van der Waals surface area contributed by atoms with Gasteiger partial charge in [0.05, 0.1) is 6.61 Å². The van der Waals surface area contributed by atoms with E-state index in [0.717, 1.165) is 35.5 Å². The van der Waals surface area contributed by atoms with Crippen LogP contribution in [0.2, 0.25) is 10.0 Å². The van der Waals surface area contributed by atoms with E-state index >= 15 is 0 Å². The highest BCUT2D eigenvalue weighted by atomic mass is 35.5. The van der Waals surface area contributed by atoms with Crippen LogP contribution >= 0.6 is 34.5 Å². The zero-order chi connectivity index (χ0) is 20.6. The van der Waals surface area contributed by atoms with E-state index < -0.39 is 0 Å². The normalized spacial score (nSPS) is 10.7. The lowest BCUT2D eigenvalue weighted by atomic mass is 10.1. The van der Waals surface area contributed by atoms with Gasteiger partial charge in [-0.2, -0.15) is 0 Å². The van der Waals surface area contributed by atoms with Gasteiger partial charge in [0.25, 0.3) is 5.91 Å². The molecule has 0 saturated heterocycles. The van der Waals surface area contributed by atoms with Gasteiger partial charge in [0.2, 0.25) is 0 Å². The van der Waals surface area contributed by atoms with Crippen LogP contribution in [-0.4, -0.2) is 17.5 Å². The summed E-state index contributed by atoms with van der Waals surface area (Å²) in [6.45, 7) is 2.85. The smallest absolute Gasteiger partial charge is 0.257 e. The zero-order valence-corrected chi connectivity index (χ0v) is 18.4. The zero-order valence-electron chi connectivity index (χ0n) is 16.1. The minimum atomic E-state index is -0.204. The molecule has 2 aromatic carbocycles. The molecule has 0 aliphatic rings. The van der Waals surface area contributed by atoms with E-state index in [1.807, 2.05) is 18.2 Å². The van der Waals surface area contributed by atoms with Crippen LogP contribution in [0.25, 0.3) is 0 Å². The molecular formula is C22H22Cl2N2O2S. The maximum absolute atomic E-state index is 12.5. The van der Waals surface area contributed by atoms with Crippen LogP contribution in [0.5, 0.6) is 5.75 Å². The summed E-state index contributed by atoms with van der Waals surface area (Å²) in [4.78, 5) is 17.7. The molecule has 0 bridgehead atoms. The number of carbonyl (C=O) groups is 1. The van der Waals surface area contributed by atoms with E-state index in [0.29, 0.717) is 33.8 Å². The van der Waals surface area contributed by atoms with E-state index in [-0.39, 0.29) is 5.91 Å². The van der Waals surface area contributed by atoms with Gasteiger partial charge in [-0.15, -0.1) is 11.3 Å². The molecule has 29 heavy (non-hydrogen) atoms. The minimum Gasteiger partial charge on any atom is -0.494 e. The van der Waals surface area contributed by atoms with Gasteiger partial charge in [-0.25, -0.2) is 4.98 Å². The van der Waals surface area contributed by atoms with Gasteiger partial charge < -0.3 is 4.74 Å². The molecule has 3 rings (SSSR count). The number of hydrogen-bond donors (Lipinski definition) is 1. The number of nitrogens with one attached hydrogen (secondary N) is 1. The van der Waals surface area contributed by atoms with E-state index in [9.17, 15) is 4.79 Å². The summed E-state index contributed by atoms with van der Waals surface area (Å²) >= 11 is 13.7. The van der Waals surface area contributed by atoms with E-state index in [1.165, 1.54) is 11.3 Å². The van der Waals surface area contributed by atoms with Gasteiger partial charge in [-0.1, -0.05) is 43.0 Å². The Hall–Kier alpha value is -2.08. The number of rotatable bonds is 9. The molecule has 0 radical (unpaired) electrons. The first-order chi connectivity index (χ1) is 14.0. The fourth-order valence-electron chi connectivity index (χ4n) is 2.73. The second-order valence-corrected chi connectivity index (χ2v) is 8.54. The van der Waals surface area contributed by atoms with Crippen molar-refractivity contribution >= 4 is 45.6 Å². The molecule has 0 atom stereocenters. The lowest BCUT2D eigenvalue weighted by Crippen LogP contribution is -2.11. The van der Waals surface area contributed by atoms with Gasteiger partial charge in [-0.3, -0.25) is 10.1 Å². The number of nitrogens with zero attached hydrogens (tertiary/aromatic N) is 1. The number of hydrogen-bond acceptors (Lipinski definition) is 4. The summed E-state index contributed by atoms with van der Waals surface area (Å²) in [5.41, 5.74) is 1.48. The number of amides is 1. The second-order valence-electron chi connectivity index (χ2n) is 6.58. The Kier molecular flexibility index (Phi) is 7.92. The van der Waals surface area contributed by atoms with Crippen LogP contribution in [0.3, 0.4) is 0 Å². The van der Waals surface area contributed by atoms with E-state index in [2.05, 4.69) is 17.2 Å². The Morgan fingerprint density at radius 1 is 1.14 bits per heavy atom. The Morgan fingerprint density at radius 3 is 2.69 bits per heavy atom. The van der Waals surface area contributed by atoms with Crippen LogP contribution in [0.4, 0.5) is 5.13 Å². The van der Waals surface area contributed by atoms with Gasteiger partial charge in [0.15, 0.2) is 5.13 Å².